The van der Waals surface area contributed by atoms with Gasteiger partial charge in [-0.25, -0.2) is 4.79 Å². The second kappa shape index (κ2) is 12.4. The Labute approximate surface area is 262 Å². The lowest BCUT2D eigenvalue weighted by Crippen LogP contribution is -2.68. The number of esters is 6. The molecule has 2 saturated heterocycles. The zero-order valence-corrected chi connectivity index (χ0v) is 27.3. The molecule has 13 heteroatoms. The van der Waals surface area contributed by atoms with Crippen LogP contribution in [0.1, 0.15) is 88.0 Å². The fourth-order valence-electron chi connectivity index (χ4n) is 7.89. The molecule has 0 aromatic rings. The van der Waals surface area contributed by atoms with Crippen LogP contribution in [0.2, 0.25) is 0 Å². The van der Waals surface area contributed by atoms with Gasteiger partial charge in [-0.15, -0.1) is 0 Å². The molecule has 0 amide bonds. The Balaban J connectivity index is 2.07. The molecule has 0 radical (unpaired) electrons. The van der Waals surface area contributed by atoms with Crippen molar-refractivity contribution in [1.82, 2.24) is 0 Å². The molecule has 0 bridgehead atoms. The van der Waals surface area contributed by atoms with Crippen molar-refractivity contribution in [3.63, 3.8) is 0 Å². The molecular weight excluding hydrogens is 592 g/mol. The van der Waals surface area contributed by atoms with Crippen LogP contribution in [0.4, 0.5) is 0 Å². The second-order valence-corrected chi connectivity index (χ2v) is 13.0. The van der Waals surface area contributed by atoms with E-state index in [4.69, 9.17) is 33.2 Å². The highest BCUT2D eigenvalue weighted by molar-refractivity contribution is 5.89. The van der Waals surface area contributed by atoms with Gasteiger partial charge in [0.2, 0.25) is 0 Å². The number of hydrogen-bond acceptors (Lipinski definition) is 13. The van der Waals surface area contributed by atoms with Crippen molar-refractivity contribution >= 4 is 35.8 Å². The van der Waals surface area contributed by atoms with E-state index in [1.807, 2.05) is 6.92 Å². The van der Waals surface area contributed by atoms with Gasteiger partial charge in [0, 0.05) is 58.8 Å². The molecule has 4 rings (SSSR count). The molecule has 0 aromatic heterocycles. The number of hydrogen-bond donors (Lipinski definition) is 0. The fraction of sp³-hybridized carbons (Fsp3) is 0.750. The van der Waals surface area contributed by atoms with Crippen LogP contribution in [0, 0.1) is 17.3 Å². The highest BCUT2D eigenvalue weighted by atomic mass is 16.7. The third kappa shape index (κ3) is 5.95. The number of rotatable bonds is 7. The van der Waals surface area contributed by atoms with Crippen LogP contribution in [0.25, 0.3) is 0 Å². The van der Waals surface area contributed by atoms with Crippen LogP contribution in [0.3, 0.4) is 0 Å². The summed E-state index contributed by atoms with van der Waals surface area (Å²) in [4.78, 5) is 76.9. The van der Waals surface area contributed by atoms with Crippen LogP contribution < -0.4 is 0 Å². The lowest BCUT2D eigenvalue weighted by atomic mass is 9.52. The van der Waals surface area contributed by atoms with Gasteiger partial charge >= 0.3 is 35.8 Å². The van der Waals surface area contributed by atoms with E-state index in [1.54, 1.807) is 33.8 Å². The minimum absolute atomic E-state index is 0.00762. The quantitative estimate of drug-likeness (QED) is 0.173. The molecule has 3 fully saturated rings. The van der Waals surface area contributed by atoms with E-state index in [2.05, 4.69) is 0 Å². The van der Waals surface area contributed by atoms with Crippen molar-refractivity contribution in [3.05, 3.63) is 11.6 Å². The average molecular weight is 637 g/mol. The third-order valence-electron chi connectivity index (χ3n) is 9.74. The Morgan fingerprint density at radius 1 is 0.867 bits per heavy atom. The summed E-state index contributed by atoms with van der Waals surface area (Å²) in [6.07, 6.45) is -4.31. The van der Waals surface area contributed by atoms with E-state index in [9.17, 15) is 28.8 Å². The van der Waals surface area contributed by atoms with Gasteiger partial charge in [0.05, 0.1) is 5.41 Å². The van der Waals surface area contributed by atoms with Crippen molar-refractivity contribution in [2.45, 2.75) is 136 Å². The van der Waals surface area contributed by atoms with Crippen molar-refractivity contribution in [2.75, 3.05) is 0 Å². The van der Waals surface area contributed by atoms with Crippen LogP contribution in [-0.2, 0) is 61.9 Å². The number of carbonyl (C=O) groups is 6. The summed E-state index contributed by atoms with van der Waals surface area (Å²) >= 11 is 0. The minimum Gasteiger partial charge on any atom is -0.462 e. The standard InChI is InChI=1S/C32H44O13/c1-10-11-25(37)43-22-12-15(2)13-24-32(31(9,45-32)29(38)44-24)28(42-20(7)36)26-16(3)21(39-17(4)33)14-23(40-18(5)34)30(26,8)27(22)41-19(6)35/h13,16,21-24,26-28H,10-12,14H2,1-9H3/b15-13-/t16-,21-,22-,23-,24-,26+,27-,28+,30-,31-,32-/m0/s1. The summed E-state index contributed by atoms with van der Waals surface area (Å²) in [5.74, 6) is -5.50. The zero-order valence-electron chi connectivity index (χ0n) is 27.3. The molecular formula is C32H44O13. The smallest absolute Gasteiger partial charge is 0.342 e. The molecule has 0 aromatic carbocycles. The maximum Gasteiger partial charge on any atom is 0.342 e. The first kappa shape index (κ1) is 34.4. The maximum atomic E-state index is 13.3. The van der Waals surface area contributed by atoms with E-state index < -0.39 is 101 Å². The van der Waals surface area contributed by atoms with Gasteiger partial charge in [-0.3, -0.25) is 24.0 Å². The molecule has 0 N–H and O–H groups in total. The van der Waals surface area contributed by atoms with Crippen molar-refractivity contribution in [2.24, 2.45) is 17.3 Å². The summed E-state index contributed by atoms with van der Waals surface area (Å²) < 4.78 is 41.9. The molecule has 2 aliphatic carbocycles. The Morgan fingerprint density at radius 3 is 1.98 bits per heavy atom. The Morgan fingerprint density at radius 2 is 1.44 bits per heavy atom. The SMILES string of the molecule is CCCC(=O)O[C@H]1C/C(C)=C\[C@@H]2OC(=O)[C@]3(C)O[C@]23[C@H](OC(C)=O)[C@H]2[C@@H](C)[C@@H](OC(C)=O)C[C@H](OC(C)=O)[C@]2(C)[C@H]1OC(C)=O. The summed E-state index contributed by atoms with van der Waals surface area (Å²) in [6, 6.07) is 0. The number of epoxide rings is 1. The average Bonchev–Trinajstić information content (AvgIpc) is 3.49. The van der Waals surface area contributed by atoms with Crippen molar-refractivity contribution < 1.29 is 61.9 Å². The normalized spacial score (nSPS) is 41.4. The van der Waals surface area contributed by atoms with Crippen LogP contribution in [0.5, 0.6) is 0 Å². The van der Waals surface area contributed by atoms with Gasteiger partial charge < -0.3 is 33.2 Å². The highest BCUT2D eigenvalue weighted by Crippen LogP contribution is 2.66. The molecule has 11 atom stereocenters. The van der Waals surface area contributed by atoms with Crippen LogP contribution in [-0.4, -0.2) is 83.6 Å². The first-order valence-corrected chi connectivity index (χ1v) is 15.4. The topological polar surface area (TPSA) is 170 Å². The Bertz CT molecular complexity index is 1290. The van der Waals surface area contributed by atoms with E-state index >= 15 is 0 Å². The Kier molecular flexibility index (Phi) is 9.46. The lowest BCUT2D eigenvalue weighted by molar-refractivity contribution is -0.247. The molecule has 250 valence electrons. The Hall–Kier alpha value is -3.48. The van der Waals surface area contributed by atoms with Gasteiger partial charge in [-0.1, -0.05) is 26.3 Å². The molecule has 4 aliphatic rings. The summed E-state index contributed by atoms with van der Waals surface area (Å²) in [6.45, 7) is 13.5. The highest BCUT2D eigenvalue weighted by Gasteiger charge is 2.87. The molecule has 13 nitrogen and oxygen atoms in total. The van der Waals surface area contributed by atoms with E-state index in [0.29, 0.717) is 12.0 Å². The predicted molar refractivity (Wildman–Crippen MR) is 153 cm³/mol. The lowest BCUT2D eigenvalue weighted by Gasteiger charge is -2.57. The number of ether oxygens (including phenoxy) is 7. The van der Waals surface area contributed by atoms with Gasteiger partial charge in [0.15, 0.2) is 17.3 Å². The summed E-state index contributed by atoms with van der Waals surface area (Å²) in [7, 11) is 0. The van der Waals surface area contributed by atoms with Crippen molar-refractivity contribution in [1.29, 1.82) is 0 Å². The summed E-state index contributed by atoms with van der Waals surface area (Å²) in [5, 5.41) is 0. The summed E-state index contributed by atoms with van der Waals surface area (Å²) in [5.41, 5.74) is -3.89. The van der Waals surface area contributed by atoms with Gasteiger partial charge in [0.1, 0.15) is 30.5 Å². The first-order valence-electron chi connectivity index (χ1n) is 15.4. The van der Waals surface area contributed by atoms with Gasteiger partial charge in [-0.2, -0.15) is 0 Å². The van der Waals surface area contributed by atoms with Gasteiger partial charge in [-0.05, 0) is 26.3 Å². The minimum atomic E-state index is -1.53. The monoisotopic (exact) mass is 636 g/mol. The van der Waals surface area contributed by atoms with E-state index in [-0.39, 0.29) is 19.3 Å². The molecule has 2 aliphatic heterocycles. The second-order valence-electron chi connectivity index (χ2n) is 13.0. The first-order chi connectivity index (χ1) is 20.9. The number of fused-ring (bicyclic) bond motifs is 1. The zero-order chi connectivity index (χ0) is 33.6. The predicted octanol–water partition coefficient (Wildman–Crippen LogP) is 2.89. The molecule has 1 saturated carbocycles. The van der Waals surface area contributed by atoms with Gasteiger partial charge in [0.25, 0.3) is 0 Å². The largest absolute Gasteiger partial charge is 0.462 e. The van der Waals surface area contributed by atoms with Crippen LogP contribution in [0.15, 0.2) is 11.6 Å². The molecule has 2 heterocycles. The third-order valence-corrected chi connectivity index (χ3v) is 9.74. The molecule has 0 unspecified atom stereocenters. The van der Waals surface area contributed by atoms with E-state index in [1.165, 1.54) is 27.7 Å². The van der Waals surface area contributed by atoms with Crippen molar-refractivity contribution in [3.8, 4) is 0 Å². The fourth-order valence-corrected chi connectivity index (χ4v) is 7.89. The van der Waals surface area contributed by atoms with E-state index in [0.717, 1.165) is 0 Å². The van der Waals surface area contributed by atoms with Crippen LogP contribution >= 0.6 is 0 Å². The molecule has 45 heavy (non-hydrogen) atoms. The molecule has 1 spiro atoms. The number of carbonyl (C=O) groups excluding carboxylic acids is 6. The maximum absolute atomic E-state index is 13.3.